The van der Waals surface area contributed by atoms with Crippen molar-refractivity contribution in [3.8, 4) is 16.9 Å². The van der Waals surface area contributed by atoms with Gasteiger partial charge in [-0.3, -0.25) is 19.5 Å². The molecular formula is C32H25F2N5O2S. The third-order valence-electron chi connectivity index (χ3n) is 6.90. The highest BCUT2D eigenvalue weighted by Crippen LogP contribution is 2.49. The van der Waals surface area contributed by atoms with Crippen molar-refractivity contribution < 1.29 is 18.4 Å². The largest absolute Gasteiger partial charge is 0.350 e. The fourth-order valence-electron chi connectivity index (χ4n) is 4.94. The van der Waals surface area contributed by atoms with Crippen LogP contribution in [0.1, 0.15) is 21.9 Å². The van der Waals surface area contributed by atoms with E-state index in [2.05, 4.69) is 10.3 Å². The van der Waals surface area contributed by atoms with E-state index in [-0.39, 0.29) is 36.2 Å². The van der Waals surface area contributed by atoms with Crippen molar-refractivity contribution in [2.24, 2.45) is 0 Å². The summed E-state index contributed by atoms with van der Waals surface area (Å²) in [7, 11) is 0. The van der Waals surface area contributed by atoms with E-state index in [4.69, 9.17) is 5.10 Å². The molecule has 42 heavy (non-hydrogen) atoms. The Balaban J connectivity index is 1.52. The summed E-state index contributed by atoms with van der Waals surface area (Å²) < 4.78 is 30.9. The molecule has 0 fully saturated rings. The molecule has 1 N–H and O–H groups in total. The van der Waals surface area contributed by atoms with Gasteiger partial charge in [0.15, 0.2) is 0 Å². The van der Waals surface area contributed by atoms with Crippen LogP contribution >= 0.6 is 11.8 Å². The average molecular weight is 582 g/mol. The van der Waals surface area contributed by atoms with Crippen molar-refractivity contribution in [2.45, 2.75) is 11.8 Å². The summed E-state index contributed by atoms with van der Waals surface area (Å²) in [6.07, 6.45) is 3.31. The molecule has 0 saturated heterocycles. The maximum atomic E-state index is 15.3. The number of pyridine rings is 1. The Kier molecular flexibility index (Phi) is 7.78. The number of nitrogens with one attached hydrogen (secondary N) is 1. The number of rotatable bonds is 7. The normalized spacial score (nSPS) is 14.8. The van der Waals surface area contributed by atoms with Crippen LogP contribution < -0.4 is 10.2 Å². The lowest BCUT2D eigenvalue weighted by molar-refractivity contribution is -0.123. The molecule has 2 amide bonds. The number of amides is 2. The first kappa shape index (κ1) is 27.3. The van der Waals surface area contributed by atoms with Gasteiger partial charge in [0, 0.05) is 41.7 Å². The van der Waals surface area contributed by atoms with Crippen molar-refractivity contribution in [1.29, 1.82) is 0 Å². The number of anilines is 1. The highest BCUT2D eigenvalue weighted by molar-refractivity contribution is 8.00. The Morgan fingerprint density at radius 3 is 2.45 bits per heavy atom. The van der Waals surface area contributed by atoms with Gasteiger partial charge in [-0.1, -0.05) is 60.7 Å². The van der Waals surface area contributed by atoms with Gasteiger partial charge in [0.1, 0.15) is 24.0 Å². The van der Waals surface area contributed by atoms with Gasteiger partial charge >= 0.3 is 0 Å². The van der Waals surface area contributed by atoms with E-state index in [0.29, 0.717) is 22.8 Å². The number of hydrogen-bond donors (Lipinski definition) is 1. The van der Waals surface area contributed by atoms with Crippen molar-refractivity contribution in [3.63, 3.8) is 0 Å². The Morgan fingerprint density at radius 1 is 0.976 bits per heavy atom. The number of aromatic nitrogens is 3. The van der Waals surface area contributed by atoms with Crippen LogP contribution in [-0.4, -0.2) is 38.9 Å². The quantitative estimate of drug-likeness (QED) is 0.267. The highest BCUT2D eigenvalue weighted by Gasteiger charge is 2.38. The first-order valence-corrected chi connectivity index (χ1v) is 14.3. The zero-order chi connectivity index (χ0) is 29.1. The van der Waals surface area contributed by atoms with Crippen LogP contribution in [0.5, 0.6) is 0 Å². The topological polar surface area (TPSA) is 80.1 Å². The summed E-state index contributed by atoms with van der Waals surface area (Å²) in [4.78, 5) is 32.5. The van der Waals surface area contributed by atoms with Crippen molar-refractivity contribution >= 4 is 29.4 Å². The predicted molar refractivity (Wildman–Crippen MR) is 158 cm³/mol. The Morgan fingerprint density at radius 2 is 1.74 bits per heavy atom. The molecule has 1 atom stereocenters. The van der Waals surface area contributed by atoms with Gasteiger partial charge in [-0.2, -0.15) is 5.10 Å². The number of halogens is 2. The van der Waals surface area contributed by atoms with E-state index in [1.54, 1.807) is 23.1 Å². The van der Waals surface area contributed by atoms with E-state index in [0.717, 1.165) is 17.2 Å². The lowest BCUT2D eigenvalue weighted by atomic mass is 9.99. The molecule has 0 spiro atoms. The molecule has 0 radical (unpaired) electrons. The zero-order valence-corrected chi connectivity index (χ0v) is 23.1. The fraction of sp³-hybridized carbons (Fsp3) is 0.125. The predicted octanol–water partition coefficient (Wildman–Crippen LogP) is 5.70. The summed E-state index contributed by atoms with van der Waals surface area (Å²) in [6, 6.07) is 25.7. The summed E-state index contributed by atoms with van der Waals surface area (Å²) in [5.41, 5.74) is 3.55. The van der Waals surface area contributed by atoms with Crippen LogP contribution in [0.15, 0.2) is 103 Å². The number of nitrogens with zero attached hydrogens (tertiary/aromatic N) is 4. The minimum absolute atomic E-state index is 0.0327. The molecule has 5 aromatic rings. The fourth-order valence-corrected chi connectivity index (χ4v) is 6.16. The average Bonchev–Trinajstić information content (AvgIpc) is 3.35. The molecular weight excluding hydrogens is 556 g/mol. The molecule has 1 unspecified atom stereocenters. The first-order chi connectivity index (χ1) is 20.5. The minimum Gasteiger partial charge on any atom is -0.350 e. The van der Waals surface area contributed by atoms with Gasteiger partial charge in [0.25, 0.3) is 0 Å². The molecule has 0 saturated carbocycles. The number of carbonyl (C=O) groups excluding carboxylic acids is 2. The minimum atomic E-state index is -0.722. The molecule has 3 heterocycles. The third-order valence-corrected chi connectivity index (χ3v) is 8.13. The molecule has 3 aromatic carbocycles. The van der Waals surface area contributed by atoms with Crippen molar-refractivity contribution in [3.05, 3.63) is 132 Å². The smallest absolute Gasteiger partial charge is 0.240 e. The van der Waals surface area contributed by atoms with Crippen LogP contribution in [-0.2, 0) is 16.1 Å². The van der Waals surface area contributed by atoms with Crippen LogP contribution in [0.3, 0.4) is 0 Å². The number of fused-ring (bicyclic) bond motifs is 1. The highest BCUT2D eigenvalue weighted by atomic mass is 32.2. The van der Waals surface area contributed by atoms with E-state index >= 15 is 4.39 Å². The number of thioether (sulfide) groups is 1. The summed E-state index contributed by atoms with van der Waals surface area (Å²) >= 11 is 1.22. The van der Waals surface area contributed by atoms with Crippen LogP contribution in [0.25, 0.3) is 16.9 Å². The number of hydrogen-bond acceptors (Lipinski definition) is 5. The molecule has 10 heteroatoms. The zero-order valence-electron chi connectivity index (χ0n) is 22.3. The maximum Gasteiger partial charge on any atom is 0.240 e. The van der Waals surface area contributed by atoms with Crippen LogP contribution in [0.2, 0.25) is 0 Å². The SMILES string of the molecule is O=C(CN1C(=O)CSC(c2ccc(F)cc2F)c2c(-c3ccccc3)nn(-c3ccccc3)c21)NCc1cccnc1. The Labute approximate surface area is 245 Å². The molecule has 1 aliphatic heterocycles. The lowest BCUT2D eigenvalue weighted by Gasteiger charge is -2.23. The van der Waals surface area contributed by atoms with Gasteiger partial charge in [-0.15, -0.1) is 11.8 Å². The Bertz CT molecular complexity index is 1730. The van der Waals surface area contributed by atoms with E-state index in [1.165, 1.54) is 28.8 Å². The van der Waals surface area contributed by atoms with E-state index < -0.39 is 16.9 Å². The van der Waals surface area contributed by atoms with Gasteiger partial charge in [-0.05, 0) is 29.8 Å². The van der Waals surface area contributed by atoms with Gasteiger partial charge in [0.2, 0.25) is 11.8 Å². The standard InChI is InChI=1S/C32H25F2N5O2S/c33-23-13-14-25(26(34)16-23)31-29-30(22-9-3-1-4-10-22)37-39(24-11-5-2-6-12-24)32(29)38(28(41)20-42-31)19-27(40)36-18-21-8-7-15-35-17-21/h1-17,31H,18-20H2,(H,36,40). The van der Waals surface area contributed by atoms with E-state index in [9.17, 15) is 14.0 Å². The molecule has 0 aliphatic carbocycles. The summed E-state index contributed by atoms with van der Waals surface area (Å²) in [6.45, 7) is -0.0367. The number of benzene rings is 3. The van der Waals surface area contributed by atoms with Gasteiger partial charge in [0.05, 0.1) is 22.4 Å². The number of para-hydroxylation sites is 1. The van der Waals surface area contributed by atoms with Gasteiger partial charge < -0.3 is 5.32 Å². The van der Waals surface area contributed by atoms with E-state index in [1.807, 2.05) is 66.7 Å². The Hall–Kier alpha value is -4.83. The monoisotopic (exact) mass is 581 g/mol. The van der Waals surface area contributed by atoms with Crippen LogP contribution in [0, 0.1) is 11.6 Å². The molecule has 1 aliphatic rings. The summed E-state index contributed by atoms with van der Waals surface area (Å²) in [5, 5.41) is 7.11. The molecule has 0 bridgehead atoms. The molecule has 7 nitrogen and oxygen atoms in total. The number of carbonyl (C=O) groups is 2. The second-order valence-electron chi connectivity index (χ2n) is 9.67. The van der Waals surface area contributed by atoms with Crippen LogP contribution in [0.4, 0.5) is 14.6 Å². The van der Waals surface area contributed by atoms with Gasteiger partial charge in [-0.25, -0.2) is 13.5 Å². The van der Waals surface area contributed by atoms with Crippen molar-refractivity contribution in [2.75, 3.05) is 17.2 Å². The maximum absolute atomic E-state index is 15.3. The molecule has 2 aromatic heterocycles. The van der Waals surface area contributed by atoms with Crippen molar-refractivity contribution in [1.82, 2.24) is 20.1 Å². The molecule has 210 valence electrons. The summed E-state index contributed by atoms with van der Waals surface area (Å²) in [5.74, 6) is -1.80. The first-order valence-electron chi connectivity index (χ1n) is 13.3. The molecule has 6 rings (SSSR count). The second-order valence-corrected chi connectivity index (χ2v) is 10.8. The third kappa shape index (κ3) is 5.53. The second kappa shape index (κ2) is 12.0. The lowest BCUT2D eigenvalue weighted by Crippen LogP contribution is -2.42.